The van der Waals surface area contributed by atoms with Crippen LogP contribution in [0.3, 0.4) is 0 Å². The number of fused-ring (bicyclic) bond motifs is 2. The fourth-order valence-electron chi connectivity index (χ4n) is 9.00. The van der Waals surface area contributed by atoms with E-state index in [2.05, 4.69) is 11.8 Å². The highest BCUT2D eigenvalue weighted by molar-refractivity contribution is 7.86. The van der Waals surface area contributed by atoms with Crippen LogP contribution in [0.2, 0.25) is 0 Å². The number of aromatic hydroxyl groups is 1. The number of ether oxygens (including phenoxy) is 1. The Hall–Kier alpha value is -4.50. The normalized spacial score (nSPS) is 18.6. The van der Waals surface area contributed by atoms with Crippen molar-refractivity contribution >= 4 is 37.6 Å². The molecule has 0 amide bonds. The van der Waals surface area contributed by atoms with Gasteiger partial charge in [0.15, 0.2) is 0 Å². The Balaban J connectivity index is 1.42. The number of carbonyl (C=O) groups is 1. The minimum atomic E-state index is -4.47. The standard InChI is InChI=1S/C48H64N2O10S2/c1-31-20-21-35(61(54,55)56)29-38(31)46(5,6)41(49-27-14-11-13-25-48(9)26-24-37-34(4)44(53)32(2)33(3)45(37)60-48)17-16-18-42-47(7,8)39-30-36(62(57,58)59)22-23-40(39)50(42)28-15-10-12-19-43(51)52/h16-18,20-23,29-30,53H,10-15,19,24-28H2,1-9H3,(H,51,52)(H,54,55,56)(H,57,58,59)/b17-16+,42-18+,49-41+. The molecule has 3 aromatic rings. The molecule has 2 aliphatic heterocycles. The van der Waals surface area contributed by atoms with Crippen LogP contribution < -0.4 is 9.64 Å². The van der Waals surface area contributed by atoms with Crippen LogP contribution >= 0.6 is 0 Å². The molecular weight excluding hydrogens is 829 g/mol. The van der Waals surface area contributed by atoms with Crippen LogP contribution in [-0.4, -0.2) is 66.5 Å². The van der Waals surface area contributed by atoms with E-state index in [0.717, 1.165) is 89.0 Å². The van der Waals surface area contributed by atoms with Crippen LogP contribution in [0.25, 0.3) is 0 Å². The second-order valence-electron chi connectivity index (χ2n) is 18.3. The van der Waals surface area contributed by atoms with Crippen LogP contribution in [-0.2, 0) is 42.3 Å². The van der Waals surface area contributed by atoms with Crippen molar-refractivity contribution in [3.05, 3.63) is 99.3 Å². The smallest absolute Gasteiger partial charge is 0.303 e. The molecule has 338 valence electrons. The highest BCUT2D eigenvalue weighted by Gasteiger charge is 2.41. The minimum absolute atomic E-state index is 0.0739. The van der Waals surface area contributed by atoms with Gasteiger partial charge < -0.3 is 19.8 Å². The summed E-state index contributed by atoms with van der Waals surface area (Å²) in [6.45, 7) is 18.9. The van der Waals surface area contributed by atoms with Crippen molar-refractivity contribution in [2.45, 2.75) is 153 Å². The average molecular weight is 893 g/mol. The van der Waals surface area contributed by atoms with Crippen molar-refractivity contribution in [2.24, 2.45) is 4.99 Å². The summed E-state index contributed by atoms with van der Waals surface area (Å²) in [6, 6.07) is 9.13. The third kappa shape index (κ3) is 10.6. The molecule has 12 nitrogen and oxygen atoms in total. The monoisotopic (exact) mass is 892 g/mol. The lowest BCUT2D eigenvalue weighted by molar-refractivity contribution is -0.137. The molecule has 0 spiro atoms. The van der Waals surface area contributed by atoms with Gasteiger partial charge in [-0.25, -0.2) is 0 Å². The number of carboxylic acid groups (broad SMARTS) is 1. The first kappa shape index (κ1) is 48.5. The largest absolute Gasteiger partial charge is 0.507 e. The number of nitrogens with zero attached hydrogens (tertiary/aromatic N) is 2. The van der Waals surface area contributed by atoms with Gasteiger partial charge in [-0.1, -0.05) is 52.7 Å². The first-order valence-corrected chi connectivity index (χ1v) is 24.3. The zero-order valence-corrected chi connectivity index (χ0v) is 39.3. The Morgan fingerprint density at radius 1 is 0.871 bits per heavy atom. The van der Waals surface area contributed by atoms with Crippen LogP contribution in [0.5, 0.6) is 11.5 Å². The number of aliphatic carboxylic acids is 1. The van der Waals surface area contributed by atoms with Crippen molar-refractivity contribution in [1.29, 1.82) is 0 Å². The lowest BCUT2D eigenvalue weighted by Gasteiger charge is -2.38. The third-order valence-corrected chi connectivity index (χ3v) is 14.7. The van der Waals surface area contributed by atoms with Gasteiger partial charge in [-0.05, 0) is 155 Å². The van der Waals surface area contributed by atoms with Gasteiger partial charge in [-0.15, -0.1) is 0 Å². The van der Waals surface area contributed by atoms with Crippen LogP contribution in [0.1, 0.15) is 131 Å². The second-order valence-corrected chi connectivity index (χ2v) is 21.1. The molecule has 2 heterocycles. The number of rotatable bonds is 18. The predicted octanol–water partition coefficient (Wildman–Crippen LogP) is 10.1. The quantitative estimate of drug-likeness (QED) is 0.0540. The van der Waals surface area contributed by atoms with E-state index in [0.29, 0.717) is 49.4 Å². The number of hydrogen-bond donors (Lipinski definition) is 4. The molecule has 0 radical (unpaired) electrons. The van der Waals surface area contributed by atoms with Crippen molar-refractivity contribution < 1.29 is 45.7 Å². The molecule has 0 aliphatic carbocycles. The van der Waals surface area contributed by atoms with Gasteiger partial charge in [0.2, 0.25) is 0 Å². The first-order valence-electron chi connectivity index (χ1n) is 21.4. The number of anilines is 1. The molecule has 5 rings (SSSR count). The van der Waals surface area contributed by atoms with Gasteiger partial charge >= 0.3 is 5.97 Å². The fourth-order valence-corrected chi connectivity index (χ4v) is 10.0. The van der Waals surface area contributed by atoms with Gasteiger partial charge in [0, 0.05) is 53.0 Å². The highest BCUT2D eigenvalue weighted by Crippen LogP contribution is 2.49. The summed E-state index contributed by atoms with van der Waals surface area (Å²) >= 11 is 0. The van der Waals surface area contributed by atoms with Gasteiger partial charge in [-0.2, -0.15) is 16.8 Å². The average Bonchev–Trinajstić information content (AvgIpc) is 3.39. The zero-order valence-electron chi connectivity index (χ0n) is 37.6. The van der Waals surface area contributed by atoms with Gasteiger partial charge in [0.1, 0.15) is 17.1 Å². The lowest BCUT2D eigenvalue weighted by Crippen LogP contribution is -2.37. The molecule has 2 aliphatic rings. The van der Waals surface area contributed by atoms with E-state index in [-0.39, 0.29) is 21.8 Å². The maximum atomic E-state index is 12.3. The first-order chi connectivity index (χ1) is 28.8. The van der Waals surface area contributed by atoms with Crippen molar-refractivity contribution in [3.63, 3.8) is 0 Å². The Morgan fingerprint density at radius 2 is 1.52 bits per heavy atom. The molecule has 0 fully saturated rings. The van der Waals surface area contributed by atoms with E-state index in [1.165, 1.54) is 24.3 Å². The van der Waals surface area contributed by atoms with Gasteiger partial charge in [-0.3, -0.25) is 18.9 Å². The summed E-state index contributed by atoms with van der Waals surface area (Å²) in [5.41, 5.74) is 6.58. The molecule has 4 N–H and O–H groups in total. The number of phenols is 1. The zero-order chi connectivity index (χ0) is 46.0. The van der Waals surface area contributed by atoms with E-state index in [1.807, 2.05) is 73.6 Å². The van der Waals surface area contributed by atoms with Crippen LogP contribution in [0.15, 0.2) is 75.1 Å². The number of carboxylic acids is 1. The lowest BCUT2D eigenvalue weighted by atomic mass is 9.77. The molecule has 3 aromatic carbocycles. The molecule has 62 heavy (non-hydrogen) atoms. The summed E-state index contributed by atoms with van der Waals surface area (Å²) in [4.78, 5) is 18.0. The maximum absolute atomic E-state index is 12.3. The van der Waals surface area contributed by atoms with Gasteiger partial charge in [0.05, 0.1) is 9.79 Å². The predicted molar refractivity (Wildman–Crippen MR) is 244 cm³/mol. The highest BCUT2D eigenvalue weighted by atomic mass is 32.2. The summed E-state index contributed by atoms with van der Waals surface area (Å²) in [6.07, 6.45) is 12.9. The number of unbranched alkanes of at least 4 members (excludes halogenated alkanes) is 4. The van der Waals surface area contributed by atoms with E-state index in [4.69, 9.17) is 14.8 Å². The van der Waals surface area contributed by atoms with Crippen molar-refractivity contribution in [3.8, 4) is 11.5 Å². The van der Waals surface area contributed by atoms with Crippen molar-refractivity contribution in [1.82, 2.24) is 0 Å². The Bertz CT molecular complexity index is 2520. The summed E-state index contributed by atoms with van der Waals surface area (Å²) in [7, 11) is -8.93. The number of benzene rings is 3. The number of allylic oxidation sites excluding steroid dienone is 4. The van der Waals surface area contributed by atoms with E-state index in [1.54, 1.807) is 12.1 Å². The molecule has 1 unspecified atom stereocenters. The SMILES string of the molecule is Cc1ccc(S(=O)(=O)O)cc1C(C)(C)C(/C=C/C=C1/N(CCCCCC(=O)O)c2ccc(S(=O)(=O)O)cc2C1(C)C)=N/CCCCCC1(C)CCc2c(C)c(O)c(C)c(C)c2O1. The third-order valence-electron chi connectivity index (χ3n) is 13.0. The molecule has 0 saturated carbocycles. The molecule has 1 atom stereocenters. The maximum Gasteiger partial charge on any atom is 0.303 e. The minimum Gasteiger partial charge on any atom is -0.507 e. The molecule has 14 heteroatoms. The topological polar surface area (TPSA) is 191 Å². The van der Waals surface area contributed by atoms with E-state index >= 15 is 0 Å². The Morgan fingerprint density at radius 3 is 2.18 bits per heavy atom. The summed E-state index contributed by atoms with van der Waals surface area (Å²) in [5.74, 6) is 0.391. The molecule has 0 saturated heterocycles. The fraction of sp³-hybridized carbons (Fsp3) is 0.500. The Kier molecular flexibility index (Phi) is 14.6. The van der Waals surface area contributed by atoms with E-state index < -0.39 is 37.0 Å². The number of aliphatic imine (C=N–C) groups is 1. The summed E-state index contributed by atoms with van der Waals surface area (Å²) < 4.78 is 75.4. The molecule has 0 bridgehead atoms. The van der Waals surface area contributed by atoms with E-state index in [9.17, 15) is 35.8 Å². The number of phenolic OH excluding ortho intramolecular Hbond substituents is 1. The number of aryl methyl sites for hydroxylation is 1. The van der Waals surface area contributed by atoms with Crippen molar-refractivity contribution in [2.75, 3.05) is 18.0 Å². The van der Waals surface area contributed by atoms with Crippen LogP contribution in [0, 0.1) is 27.7 Å². The molecular formula is C48H64N2O10S2. The summed E-state index contributed by atoms with van der Waals surface area (Å²) in [5, 5.41) is 19.8. The number of hydrogen-bond acceptors (Lipinski definition) is 9. The Labute approximate surface area is 368 Å². The second kappa shape index (κ2) is 18.7. The van der Waals surface area contributed by atoms with Gasteiger partial charge in [0.25, 0.3) is 20.2 Å². The molecule has 0 aromatic heterocycles. The van der Waals surface area contributed by atoms with Crippen LogP contribution in [0.4, 0.5) is 5.69 Å².